The standard InChI is InChI=1S/C9H10OS/c1-7(2)5-9(10)8-3-4-11-6-8/h3-4,6H,1,5H2,2H3. The molecule has 11 heavy (non-hydrogen) atoms. The van der Waals surface area contributed by atoms with Crippen LogP contribution in [0.25, 0.3) is 0 Å². The zero-order valence-corrected chi connectivity index (χ0v) is 7.28. The summed E-state index contributed by atoms with van der Waals surface area (Å²) in [5, 5.41) is 3.77. The van der Waals surface area contributed by atoms with Crippen LogP contribution in [0, 0.1) is 0 Å². The molecule has 1 rings (SSSR count). The van der Waals surface area contributed by atoms with Gasteiger partial charge in [-0.2, -0.15) is 11.3 Å². The summed E-state index contributed by atoms with van der Waals surface area (Å²) >= 11 is 1.54. The number of hydrogen-bond donors (Lipinski definition) is 0. The Morgan fingerprint density at radius 2 is 2.45 bits per heavy atom. The zero-order chi connectivity index (χ0) is 8.27. The van der Waals surface area contributed by atoms with Gasteiger partial charge in [0.15, 0.2) is 5.78 Å². The van der Waals surface area contributed by atoms with E-state index in [1.807, 2.05) is 23.8 Å². The molecule has 2 heteroatoms. The van der Waals surface area contributed by atoms with Gasteiger partial charge in [0.1, 0.15) is 0 Å². The molecule has 0 bridgehead atoms. The quantitative estimate of drug-likeness (QED) is 0.498. The maximum absolute atomic E-state index is 11.3. The summed E-state index contributed by atoms with van der Waals surface area (Å²) in [5.74, 6) is 0.166. The van der Waals surface area contributed by atoms with Gasteiger partial charge in [-0.1, -0.05) is 12.2 Å². The van der Waals surface area contributed by atoms with Gasteiger partial charge in [-0.3, -0.25) is 4.79 Å². The van der Waals surface area contributed by atoms with Gasteiger partial charge in [-0.15, -0.1) is 0 Å². The predicted molar refractivity (Wildman–Crippen MR) is 48.1 cm³/mol. The molecule has 0 spiro atoms. The van der Waals surface area contributed by atoms with Gasteiger partial charge in [0.25, 0.3) is 0 Å². The maximum Gasteiger partial charge on any atom is 0.167 e. The van der Waals surface area contributed by atoms with Gasteiger partial charge in [0.2, 0.25) is 0 Å². The van der Waals surface area contributed by atoms with Gasteiger partial charge in [-0.05, 0) is 18.4 Å². The molecule has 0 saturated carbocycles. The average Bonchev–Trinajstić information content (AvgIpc) is 2.35. The lowest BCUT2D eigenvalue weighted by Gasteiger charge is -1.94. The van der Waals surface area contributed by atoms with E-state index in [2.05, 4.69) is 6.58 Å². The molecule has 0 unspecified atom stereocenters. The summed E-state index contributed by atoms with van der Waals surface area (Å²) in [5.41, 5.74) is 1.72. The van der Waals surface area contributed by atoms with E-state index >= 15 is 0 Å². The second-order valence-corrected chi connectivity index (χ2v) is 3.35. The first-order valence-corrected chi connectivity index (χ1v) is 4.34. The van der Waals surface area contributed by atoms with Crippen molar-refractivity contribution >= 4 is 17.1 Å². The number of rotatable bonds is 3. The average molecular weight is 166 g/mol. The Labute approximate surface area is 70.4 Å². The Bertz CT molecular complexity index is 259. The fraction of sp³-hybridized carbons (Fsp3) is 0.222. The van der Waals surface area contributed by atoms with E-state index in [0.29, 0.717) is 6.42 Å². The van der Waals surface area contributed by atoms with Crippen LogP contribution in [0.15, 0.2) is 29.0 Å². The second-order valence-electron chi connectivity index (χ2n) is 2.57. The van der Waals surface area contributed by atoms with Crippen LogP contribution in [0.2, 0.25) is 0 Å². The van der Waals surface area contributed by atoms with Crippen LogP contribution >= 0.6 is 11.3 Å². The van der Waals surface area contributed by atoms with Crippen molar-refractivity contribution in [2.45, 2.75) is 13.3 Å². The van der Waals surface area contributed by atoms with E-state index in [1.54, 1.807) is 11.3 Å². The van der Waals surface area contributed by atoms with Crippen molar-refractivity contribution < 1.29 is 4.79 Å². The SMILES string of the molecule is C=C(C)CC(=O)c1ccsc1. The highest BCUT2D eigenvalue weighted by atomic mass is 32.1. The minimum Gasteiger partial charge on any atom is -0.294 e. The van der Waals surface area contributed by atoms with Crippen molar-refractivity contribution in [1.29, 1.82) is 0 Å². The number of carbonyl (C=O) groups excluding carboxylic acids is 1. The summed E-state index contributed by atoms with van der Waals surface area (Å²) < 4.78 is 0. The maximum atomic E-state index is 11.3. The molecule has 0 amide bonds. The molecule has 0 aromatic carbocycles. The van der Waals surface area contributed by atoms with Crippen molar-refractivity contribution in [1.82, 2.24) is 0 Å². The highest BCUT2D eigenvalue weighted by molar-refractivity contribution is 7.08. The Hall–Kier alpha value is -0.890. The van der Waals surface area contributed by atoms with Gasteiger partial charge in [0, 0.05) is 17.4 Å². The summed E-state index contributed by atoms with van der Waals surface area (Å²) in [6.07, 6.45) is 0.469. The molecule has 0 saturated heterocycles. The van der Waals surface area contributed by atoms with Gasteiger partial charge < -0.3 is 0 Å². The Morgan fingerprint density at radius 1 is 1.73 bits per heavy atom. The first-order valence-electron chi connectivity index (χ1n) is 3.40. The number of hydrogen-bond acceptors (Lipinski definition) is 2. The molecular formula is C9H10OS. The van der Waals surface area contributed by atoms with E-state index in [-0.39, 0.29) is 5.78 Å². The first kappa shape index (κ1) is 8.21. The summed E-state index contributed by atoms with van der Waals surface area (Å²) in [7, 11) is 0. The molecule has 0 radical (unpaired) electrons. The number of allylic oxidation sites excluding steroid dienone is 1. The second kappa shape index (κ2) is 3.49. The Balaban J connectivity index is 2.64. The monoisotopic (exact) mass is 166 g/mol. The van der Waals surface area contributed by atoms with E-state index in [9.17, 15) is 4.79 Å². The van der Waals surface area contributed by atoms with Crippen molar-refractivity contribution in [3.63, 3.8) is 0 Å². The van der Waals surface area contributed by atoms with E-state index in [4.69, 9.17) is 0 Å². The van der Waals surface area contributed by atoms with Crippen LogP contribution in [0.4, 0.5) is 0 Å². The largest absolute Gasteiger partial charge is 0.294 e. The molecule has 0 aliphatic heterocycles. The van der Waals surface area contributed by atoms with Crippen molar-refractivity contribution in [2.24, 2.45) is 0 Å². The van der Waals surface area contributed by atoms with Crippen LogP contribution in [-0.4, -0.2) is 5.78 Å². The number of ketones is 1. The lowest BCUT2D eigenvalue weighted by atomic mass is 10.1. The smallest absolute Gasteiger partial charge is 0.167 e. The zero-order valence-electron chi connectivity index (χ0n) is 6.46. The normalized spacial score (nSPS) is 9.55. The molecule has 1 nitrogen and oxygen atoms in total. The minimum absolute atomic E-state index is 0.166. The summed E-state index contributed by atoms with van der Waals surface area (Å²) in [6, 6.07) is 1.84. The number of Topliss-reactive ketones (excluding diaryl/α,β-unsaturated/α-hetero) is 1. The summed E-state index contributed by atoms with van der Waals surface area (Å²) in [4.78, 5) is 11.3. The highest BCUT2D eigenvalue weighted by Gasteiger charge is 2.04. The van der Waals surface area contributed by atoms with Crippen molar-refractivity contribution in [2.75, 3.05) is 0 Å². The van der Waals surface area contributed by atoms with Crippen LogP contribution in [0.3, 0.4) is 0 Å². The summed E-state index contributed by atoms with van der Waals surface area (Å²) in [6.45, 7) is 5.55. The van der Waals surface area contributed by atoms with Crippen LogP contribution in [0.1, 0.15) is 23.7 Å². The highest BCUT2D eigenvalue weighted by Crippen LogP contribution is 2.10. The predicted octanol–water partition coefficient (Wildman–Crippen LogP) is 2.90. The molecule has 0 aliphatic rings. The van der Waals surface area contributed by atoms with Gasteiger partial charge in [0.05, 0.1) is 0 Å². The van der Waals surface area contributed by atoms with Crippen LogP contribution in [0.5, 0.6) is 0 Å². The van der Waals surface area contributed by atoms with Crippen LogP contribution < -0.4 is 0 Å². The first-order chi connectivity index (χ1) is 5.20. The third-order valence-electron chi connectivity index (χ3n) is 1.31. The number of thiophene rings is 1. The molecule has 0 N–H and O–H groups in total. The molecular weight excluding hydrogens is 156 g/mol. The van der Waals surface area contributed by atoms with Crippen LogP contribution in [-0.2, 0) is 0 Å². The van der Waals surface area contributed by atoms with E-state index in [0.717, 1.165) is 11.1 Å². The lowest BCUT2D eigenvalue weighted by Crippen LogP contribution is -1.96. The Kier molecular flexibility index (Phi) is 2.60. The van der Waals surface area contributed by atoms with Crippen molar-refractivity contribution in [3.05, 3.63) is 34.5 Å². The molecule has 1 aromatic heterocycles. The molecule has 1 heterocycles. The lowest BCUT2D eigenvalue weighted by molar-refractivity contribution is 0.0993. The third-order valence-corrected chi connectivity index (χ3v) is 1.99. The molecule has 0 aliphatic carbocycles. The minimum atomic E-state index is 0.166. The Morgan fingerprint density at radius 3 is 2.91 bits per heavy atom. The van der Waals surface area contributed by atoms with Gasteiger partial charge >= 0.3 is 0 Å². The molecule has 0 atom stereocenters. The van der Waals surface area contributed by atoms with Gasteiger partial charge in [-0.25, -0.2) is 0 Å². The molecule has 1 aromatic rings. The van der Waals surface area contributed by atoms with E-state index < -0.39 is 0 Å². The van der Waals surface area contributed by atoms with Crippen molar-refractivity contribution in [3.8, 4) is 0 Å². The topological polar surface area (TPSA) is 17.1 Å². The fourth-order valence-electron chi connectivity index (χ4n) is 0.799. The molecule has 58 valence electrons. The van der Waals surface area contributed by atoms with E-state index in [1.165, 1.54) is 0 Å². The molecule has 0 fully saturated rings. The number of carbonyl (C=O) groups is 1. The fourth-order valence-corrected chi connectivity index (χ4v) is 1.46. The third kappa shape index (κ3) is 2.31.